The van der Waals surface area contributed by atoms with Crippen molar-refractivity contribution in [1.82, 2.24) is 9.97 Å². The van der Waals surface area contributed by atoms with Crippen molar-refractivity contribution in [2.75, 3.05) is 6.61 Å². The van der Waals surface area contributed by atoms with Crippen molar-refractivity contribution in [3.05, 3.63) is 23.5 Å². The molecule has 0 atom stereocenters. The van der Waals surface area contributed by atoms with Crippen LogP contribution >= 0.6 is 11.3 Å². The molecule has 5 heteroatoms. The lowest BCUT2D eigenvalue weighted by atomic mass is 10.4. The van der Waals surface area contributed by atoms with E-state index in [1.807, 2.05) is 11.4 Å². The van der Waals surface area contributed by atoms with Gasteiger partial charge in [0.1, 0.15) is 4.83 Å². The van der Waals surface area contributed by atoms with Crippen LogP contribution in [-0.4, -0.2) is 22.5 Å². The number of thiophene rings is 1. The van der Waals surface area contributed by atoms with E-state index in [2.05, 4.69) is 9.97 Å². The summed E-state index contributed by atoms with van der Waals surface area (Å²) >= 11 is 1.48. The van der Waals surface area contributed by atoms with E-state index in [4.69, 9.17) is 4.74 Å². The zero-order valence-corrected chi connectivity index (χ0v) is 8.37. The van der Waals surface area contributed by atoms with Gasteiger partial charge in [-0.05, 0) is 18.4 Å². The number of carbonyl (C=O) groups is 1. The molecule has 0 spiro atoms. The maximum absolute atomic E-state index is 11.3. The Morgan fingerprint density at radius 3 is 3.29 bits per heavy atom. The first-order valence-electron chi connectivity index (χ1n) is 4.18. The molecule has 0 fully saturated rings. The maximum atomic E-state index is 11.3. The van der Waals surface area contributed by atoms with Crippen LogP contribution in [0.1, 0.15) is 17.5 Å². The molecule has 4 nitrogen and oxygen atoms in total. The van der Waals surface area contributed by atoms with Crippen molar-refractivity contribution in [1.29, 1.82) is 0 Å². The summed E-state index contributed by atoms with van der Waals surface area (Å²) in [6, 6.07) is 1.91. The van der Waals surface area contributed by atoms with Gasteiger partial charge < -0.3 is 4.74 Å². The van der Waals surface area contributed by atoms with Crippen molar-refractivity contribution in [3.63, 3.8) is 0 Å². The van der Waals surface area contributed by atoms with Gasteiger partial charge in [0.15, 0.2) is 0 Å². The largest absolute Gasteiger partial charge is 0.460 e. The van der Waals surface area contributed by atoms with E-state index in [1.54, 1.807) is 13.1 Å². The monoisotopic (exact) mass is 208 g/mol. The van der Waals surface area contributed by atoms with Crippen molar-refractivity contribution >= 4 is 27.5 Å². The van der Waals surface area contributed by atoms with E-state index >= 15 is 0 Å². The lowest BCUT2D eigenvalue weighted by molar-refractivity contribution is 0.0512. The third kappa shape index (κ3) is 1.58. The molecule has 72 valence electrons. The van der Waals surface area contributed by atoms with Gasteiger partial charge >= 0.3 is 5.97 Å². The maximum Gasteiger partial charge on any atom is 0.376 e. The number of aromatic nitrogens is 2. The van der Waals surface area contributed by atoms with E-state index < -0.39 is 5.97 Å². The molecular weight excluding hydrogens is 200 g/mol. The fraction of sp³-hybridized carbons (Fsp3) is 0.222. The van der Waals surface area contributed by atoms with Crippen LogP contribution < -0.4 is 0 Å². The fourth-order valence-corrected chi connectivity index (χ4v) is 1.79. The Balaban J connectivity index is 2.38. The van der Waals surface area contributed by atoms with E-state index in [0.717, 1.165) is 10.2 Å². The van der Waals surface area contributed by atoms with Crippen LogP contribution in [0.2, 0.25) is 0 Å². The summed E-state index contributed by atoms with van der Waals surface area (Å²) in [5.41, 5.74) is 0. The summed E-state index contributed by atoms with van der Waals surface area (Å²) in [7, 11) is 0. The van der Waals surface area contributed by atoms with E-state index in [0.29, 0.717) is 6.61 Å². The average molecular weight is 208 g/mol. The first-order chi connectivity index (χ1) is 6.81. The van der Waals surface area contributed by atoms with Gasteiger partial charge in [0.2, 0.25) is 5.82 Å². The molecule has 0 saturated heterocycles. The molecule has 0 bridgehead atoms. The number of hydrogen-bond donors (Lipinski definition) is 0. The number of ether oxygens (including phenoxy) is 1. The number of esters is 1. The Hall–Kier alpha value is -1.49. The quantitative estimate of drug-likeness (QED) is 0.707. The van der Waals surface area contributed by atoms with Gasteiger partial charge in [0.05, 0.1) is 6.61 Å². The summed E-state index contributed by atoms with van der Waals surface area (Å²) < 4.78 is 4.79. The first kappa shape index (κ1) is 9.08. The van der Waals surface area contributed by atoms with Crippen LogP contribution in [-0.2, 0) is 4.74 Å². The molecule has 0 amide bonds. The Labute approximate surface area is 84.6 Å². The van der Waals surface area contributed by atoms with Crippen LogP contribution in [0.15, 0.2) is 17.6 Å². The molecule has 14 heavy (non-hydrogen) atoms. The van der Waals surface area contributed by atoms with Crippen LogP contribution in [0.4, 0.5) is 0 Å². The number of rotatable bonds is 2. The lowest BCUT2D eigenvalue weighted by Crippen LogP contribution is -2.08. The first-order valence-corrected chi connectivity index (χ1v) is 5.06. The Bertz CT molecular complexity index is 467. The third-order valence-electron chi connectivity index (χ3n) is 1.67. The van der Waals surface area contributed by atoms with Crippen LogP contribution in [0.5, 0.6) is 0 Å². The van der Waals surface area contributed by atoms with Crippen LogP contribution in [0.25, 0.3) is 10.2 Å². The minimum Gasteiger partial charge on any atom is -0.460 e. The molecule has 2 heterocycles. The molecule has 2 rings (SSSR count). The lowest BCUT2D eigenvalue weighted by Gasteiger charge is -1.98. The van der Waals surface area contributed by atoms with Crippen molar-refractivity contribution < 1.29 is 9.53 Å². The van der Waals surface area contributed by atoms with Gasteiger partial charge in [-0.3, -0.25) is 0 Å². The van der Waals surface area contributed by atoms with Gasteiger partial charge in [-0.2, -0.15) is 0 Å². The van der Waals surface area contributed by atoms with Gasteiger partial charge in [0.25, 0.3) is 0 Å². The van der Waals surface area contributed by atoms with Gasteiger partial charge in [-0.1, -0.05) is 0 Å². The molecule has 2 aromatic rings. The molecule has 0 aliphatic heterocycles. The second kappa shape index (κ2) is 3.71. The molecule has 0 saturated carbocycles. The van der Waals surface area contributed by atoms with Crippen LogP contribution in [0, 0.1) is 0 Å². The predicted octanol–water partition coefficient (Wildman–Crippen LogP) is 1.87. The molecule has 0 aliphatic rings. The minimum atomic E-state index is -0.470. The highest BCUT2D eigenvalue weighted by Gasteiger charge is 2.10. The number of nitrogens with zero attached hydrogens (tertiary/aromatic N) is 2. The normalized spacial score (nSPS) is 10.4. The average Bonchev–Trinajstić information content (AvgIpc) is 2.64. The van der Waals surface area contributed by atoms with E-state index in [1.165, 1.54) is 11.3 Å². The van der Waals surface area contributed by atoms with Crippen molar-refractivity contribution in [2.45, 2.75) is 6.92 Å². The summed E-state index contributed by atoms with van der Waals surface area (Å²) in [5, 5.41) is 2.86. The highest BCUT2D eigenvalue weighted by Crippen LogP contribution is 2.17. The van der Waals surface area contributed by atoms with Crippen molar-refractivity contribution in [3.8, 4) is 0 Å². The Kier molecular flexibility index (Phi) is 2.41. The fourth-order valence-electron chi connectivity index (χ4n) is 1.05. The van der Waals surface area contributed by atoms with E-state index in [9.17, 15) is 4.79 Å². The Morgan fingerprint density at radius 2 is 2.50 bits per heavy atom. The molecular formula is C9H8N2O2S. The highest BCUT2D eigenvalue weighted by atomic mass is 32.1. The summed E-state index contributed by atoms with van der Waals surface area (Å²) in [5.74, 6) is -0.343. The van der Waals surface area contributed by atoms with Gasteiger partial charge in [-0.25, -0.2) is 14.8 Å². The summed E-state index contributed by atoms with van der Waals surface area (Å²) in [6.45, 7) is 2.09. The van der Waals surface area contributed by atoms with Gasteiger partial charge in [0, 0.05) is 11.6 Å². The number of fused-ring (bicyclic) bond motifs is 1. The zero-order valence-electron chi connectivity index (χ0n) is 7.56. The second-order valence-corrected chi connectivity index (χ2v) is 3.49. The predicted molar refractivity (Wildman–Crippen MR) is 53.4 cm³/mol. The molecule has 0 N–H and O–H groups in total. The second-order valence-electron chi connectivity index (χ2n) is 2.60. The molecule has 0 radical (unpaired) electrons. The number of hydrogen-bond acceptors (Lipinski definition) is 5. The SMILES string of the molecule is CCOC(=O)c1ncc2ccsc2n1. The smallest absolute Gasteiger partial charge is 0.376 e. The topological polar surface area (TPSA) is 52.1 Å². The third-order valence-corrected chi connectivity index (χ3v) is 2.49. The van der Waals surface area contributed by atoms with Crippen LogP contribution in [0.3, 0.4) is 0 Å². The Morgan fingerprint density at radius 1 is 1.64 bits per heavy atom. The standard InChI is InChI=1S/C9H8N2O2S/c1-2-13-9(12)7-10-5-6-3-4-14-8(6)11-7/h3-5H,2H2,1H3. The highest BCUT2D eigenvalue weighted by molar-refractivity contribution is 7.16. The number of carbonyl (C=O) groups excluding carboxylic acids is 1. The van der Waals surface area contributed by atoms with Gasteiger partial charge in [-0.15, -0.1) is 11.3 Å². The summed E-state index contributed by atoms with van der Waals surface area (Å²) in [6.07, 6.45) is 1.63. The molecule has 0 aliphatic carbocycles. The molecule has 0 unspecified atom stereocenters. The zero-order chi connectivity index (χ0) is 9.97. The summed E-state index contributed by atoms with van der Waals surface area (Å²) in [4.78, 5) is 20.1. The van der Waals surface area contributed by atoms with Crippen molar-refractivity contribution in [2.24, 2.45) is 0 Å². The minimum absolute atomic E-state index is 0.127. The molecule has 0 aromatic carbocycles. The molecule has 2 aromatic heterocycles. The van der Waals surface area contributed by atoms with E-state index in [-0.39, 0.29) is 5.82 Å².